The summed E-state index contributed by atoms with van der Waals surface area (Å²) in [5.41, 5.74) is 4.87. The minimum atomic E-state index is -1.89. The van der Waals surface area contributed by atoms with Crippen LogP contribution in [0.1, 0.15) is 115 Å². The van der Waals surface area contributed by atoms with Gasteiger partial charge in [0.2, 0.25) is 0 Å². The van der Waals surface area contributed by atoms with E-state index in [1.807, 2.05) is 6.07 Å². The van der Waals surface area contributed by atoms with E-state index in [4.69, 9.17) is 19.4 Å². The number of alkyl halides is 1. The first-order valence-electron chi connectivity index (χ1n) is 22.3. The zero-order valence-electron chi connectivity index (χ0n) is 37.1. The van der Waals surface area contributed by atoms with Crippen LogP contribution in [-0.4, -0.2) is 58.3 Å². The molecule has 16 heteroatoms. The Kier molecular flexibility index (Phi) is 12.9. The predicted molar refractivity (Wildman–Crippen MR) is 252 cm³/mol. The third kappa shape index (κ3) is 7.60. The Morgan fingerprint density at radius 2 is 1.07 bits per heavy atom. The number of carbonyl (C=O) groups excluding carboxylic acids is 2. The maximum atomic E-state index is 14.4. The second-order valence-corrected chi connectivity index (χ2v) is 18.4. The Balaban J connectivity index is 0.000000179. The fourth-order valence-electron chi connectivity index (χ4n) is 9.96. The van der Waals surface area contributed by atoms with E-state index in [9.17, 15) is 43.3 Å². The average molecular weight is 984 g/mol. The molecule has 67 heavy (non-hydrogen) atoms. The van der Waals surface area contributed by atoms with E-state index in [0.717, 1.165) is 64.0 Å². The molecule has 0 saturated heterocycles. The van der Waals surface area contributed by atoms with Crippen molar-refractivity contribution in [1.82, 2.24) is 19.1 Å². The lowest BCUT2D eigenvalue weighted by molar-refractivity contribution is -0.172. The van der Waals surface area contributed by atoms with Crippen LogP contribution in [-0.2, 0) is 69.4 Å². The number of ether oxygens (including phenoxy) is 2. The molecule has 0 spiro atoms. The van der Waals surface area contributed by atoms with Gasteiger partial charge >= 0.3 is 11.9 Å². The van der Waals surface area contributed by atoms with Crippen LogP contribution in [0.5, 0.6) is 0 Å². The quantitative estimate of drug-likeness (QED) is 0.0693. The molecular weight excluding hydrogens is 930 g/mol. The third-order valence-corrected chi connectivity index (χ3v) is 14.4. The summed E-state index contributed by atoms with van der Waals surface area (Å²) in [6.45, 7) is 7.14. The van der Waals surface area contributed by atoms with Crippen LogP contribution in [0, 0.1) is 25.5 Å². The molecule has 0 aliphatic carbocycles. The fraction of sp³-hybridized carbons (Fsp3) is 0.412. The number of hydrogen-bond donors (Lipinski definition) is 3. The van der Waals surface area contributed by atoms with E-state index in [1.165, 1.54) is 12.1 Å². The van der Waals surface area contributed by atoms with Crippen molar-refractivity contribution < 1.29 is 43.2 Å². The van der Waals surface area contributed by atoms with E-state index >= 15 is 0 Å². The normalized spacial score (nSPS) is 18.5. The molecule has 4 aromatic heterocycles. The maximum Gasteiger partial charge on any atom is 0.343 e. The molecule has 4 aliphatic rings. The highest BCUT2D eigenvalue weighted by Crippen LogP contribution is 2.43. The highest BCUT2D eigenvalue weighted by atomic mass is 79.9. The lowest BCUT2D eigenvalue weighted by Gasteiger charge is -2.31. The smallest absolute Gasteiger partial charge is 0.343 e. The van der Waals surface area contributed by atoms with Crippen molar-refractivity contribution >= 4 is 49.7 Å². The van der Waals surface area contributed by atoms with Gasteiger partial charge in [-0.3, -0.25) is 9.59 Å². The van der Waals surface area contributed by atoms with Gasteiger partial charge in [-0.1, -0.05) is 37.2 Å². The predicted octanol–water partition coefficient (Wildman–Crippen LogP) is 7.72. The van der Waals surface area contributed by atoms with Crippen LogP contribution in [0.25, 0.3) is 44.6 Å². The highest BCUT2D eigenvalue weighted by Gasteiger charge is 2.47. The number of aromatic nitrogens is 4. The summed E-state index contributed by atoms with van der Waals surface area (Å²) in [5.74, 6) is -2.21. The topological polar surface area (TPSA) is 183 Å². The van der Waals surface area contributed by atoms with E-state index in [1.54, 1.807) is 55.0 Å². The van der Waals surface area contributed by atoms with Gasteiger partial charge in [-0.2, -0.15) is 0 Å². The number of aliphatic hydroxyl groups is 3. The van der Waals surface area contributed by atoms with Crippen molar-refractivity contribution in [2.24, 2.45) is 0 Å². The number of aryl methyl sites for hydroxylation is 4. The van der Waals surface area contributed by atoms with Crippen LogP contribution in [0.4, 0.5) is 8.78 Å². The van der Waals surface area contributed by atoms with Crippen LogP contribution in [0.15, 0.2) is 46.0 Å². The lowest BCUT2D eigenvalue weighted by atomic mass is 9.86. The average Bonchev–Trinajstić information content (AvgIpc) is 3.86. The summed E-state index contributed by atoms with van der Waals surface area (Å²) >= 11 is 3.48. The Morgan fingerprint density at radius 1 is 0.657 bits per heavy atom. The third-order valence-electron chi connectivity index (χ3n) is 13.8. The molecule has 0 radical (unpaired) electrons. The molecule has 13 nitrogen and oxygen atoms in total. The van der Waals surface area contributed by atoms with Gasteiger partial charge in [0.15, 0.2) is 11.2 Å². The van der Waals surface area contributed by atoms with Gasteiger partial charge in [-0.05, 0) is 112 Å². The van der Waals surface area contributed by atoms with Crippen LogP contribution in [0.2, 0.25) is 0 Å². The molecular formula is C51H53BrF2N4O9. The van der Waals surface area contributed by atoms with Crippen LogP contribution in [0.3, 0.4) is 0 Å². The largest absolute Gasteiger partial charge is 0.458 e. The molecule has 0 saturated carbocycles. The second-order valence-electron chi connectivity index (χ2n) is 17.6. The molecule has 0 bridgehead atoms. The SMILES string of the molecule is C.CC[C@@]1(O)C(=O)OCc2c1cc1n(c2=O)Cc2c-1nc1cc(F)c(C)cc1c2CCCCBr.CC[C@@]1(O)C(=O)OCc2c1cc1n(c2=O)Cc2c-1nc1cc(F)c(C)cc1c2CCCCO. The van der Waals surface area contributed by atoms with E-state index in [0.29, 0.717) is 76.4 Å². The molecule has 2 aromatic carbocycles. The number of nitrogens with zero attached hydrogens (tertiary/aromatic N) is 4. The Bertz CT molecular complexity index is 2980. The van der Waals surface area contributed by atoms with E-state index in [-0.39, 0.29) is 79.5 Å². The number of hydrogen-bond acceptors (Lipinski definition) is 11. The first-order chi connectivity index (χ1) is 31.6. The first kappa shape index (κ1) is 47.8. The Morgan fingerprint density at radius 3 is 1.46 bits per heavy atom. The monoisotopic (exact) mass is 982 g/mol. The summed E-state index contributed by atoms with van der Waals surface area (Å²) in [6, 6.07) is 9.81. The van der Waals surface area contributed by atoms with Crippen molar-refractivity contribution in [3.8, 4) is 22.8 Å². The molecule has 0 fully saturated rings. The van der Waals surface area contributed by atoms with Crippen molar-refractivity contribution in [1.29, 1.82) is 0 Å². The summed E-state index contributed by atoms with van der Waals surface area (Å²) in [7, 11) is 0. The Hall–Kier alpha value is -5.68. The second kappa shape index (κ2) is 18.1. The van der Waals surface area contributed by atoms with Crippen molar-refractivity contribution in [2.45, 2.75) is 124 Å². The number of carbonyl (C=O) groups is 2. The number of pyridine rings is 4. The minimum Gasteiger partial charge on any atom is -0.458 e. The lowest BCUT2D eigenvalue weighted by Crippen LogP contribution is -2.44. The molecule has 4 aliphatic heterocycles. The van der Waals surface area contributed by atoms with Gasteiger partial charge in [0, 0.05) is 57.1 Å². The summed E-state index contributed by atoms with van der Waals surface area (Å²) in [6.07, 6.45) is 4.87. The summed E-state index contributed by atoms with van der Waals surface area (Å²) < 4.78 is 42.3. The number of cyclic esters (lactones) is 2. The van der Waals surface area contributed by atoms with Crippen LogP contribution < -0.4 is 11.1 Å². The number of rotatable bonds is 10. The maximum absolute atomic E-state index is 14.4. The first-order valence-corrected chi connectivity index (χ1v) is 23.5. The zero-order valence-corrected chi connectivity index (χ0v) is 38.7. The van der Waals surface area contributed by atoms with E-state index in [2.05, 4.69) is 15.9 Å². The van der Waals surface area contributed by atoms with Gasteiger partial charge < -0.3 is 33.9 Å². The minimum absolute atomic E-state index is 0. The van der Waals surface area contributed by atoms with Crippen LogP contribution >= 0.6 is 15.9 Å². The number of unbranched alkanes of at least 4 members (excludes halogenated alkanes) is 2. The number of esters is 2. The molecule has 0 amide bonds. The zero-order chi connectivity index (χ0) is 47.0. The van der Waals surface area contributed by atoms with Gasteiger partial charge in [-0.15, -0.1) is 0 Å². The Labute approximate surface area is 393 Å². The van der Waals surface area contributed by atoms with Crippen molar-refractivity contribution in [3.05, 3.63) is 124 Å². The highest BCUT2D eigenvalue weighted by molar-refractivity contribution is 9.09. The van der Waals surface area contributed by atoms with Crippen molar-refractivity contribution in [2.75, 3.05) is 11.9 Å². The molecule has 6 aromatic rings. The molecule has 0 unspecified atom stereocenters. The van der Waals surface area contributed by atoms with Gasteiger partial charge in [0.1, 0.15) is 24.8 Å². The number of benzene rings is 2. The summed E-state index contributed by atoms with van der Waals surface area (Å²) in [5, 5.41) is 33.9. The van der Waals surface area contributed by atoms with E-state index < -0.39 is 23.1 Å². The molecule has 8 heterocycles. The molecule has 352 valence electrons. The van der Waals surface area contributed by atoms with Gasteiger partial charge in [-0.25, -0.2) is 28.3 Å². The molecule has 10 rings (SSSR count). The number of aliphatic hydroxyl groups excluding tert-OH is 1. The fourth-order valence-corrected chi connectivity index (χ4v) is 10.4. The molecule has 2 atom stereocenters. The number of fused-ring (bicyclic) bond motifs is 10. The van der Waals surface area contributed by atoms with Gasteiger partial charge in [0.05, 0.1) is 58.0 Å². The van der Waals surface area contributed by atoms with Crippen molar-refractivity contribution in [3.63, 3.8) is 0 Å². The standard InChI is InChI=1S/C25H24BrFN2O4.C25H25FN2O5.CH4/c1-3-25(32)18-9-21-22-16(11-29(21)23(30)17(18)12-33-24(25)31)14(6-4-5-7-26)15-8-13(2)19(27)10-20(15)28-22;1-3-25(32)18-9-21-22-16(11-28(21)23(30)17(18)12-33-24(25)31)14(6-4-5-7-29)15-8-13(2)19(26)10-20(15)27-22;/h8-10,32H,3-7,11-12H2,1-2H3;8-10,29,32H,3-7,11-12H2,1-2H3;1H4/t2*25-;/m00./s1. The summed E-state index contributed by atoms with van der Waals surface area (Å²) in [4.78, 5) is 61.0. The van der Waals surface area contributed by atoms with Gasteiger partial charge in [0.25, 0.3) is 11.1 Å². The molecule has 3 N–H and O–H groups in total. The number of halogens is 3.